The van der Waals surface area contributed by atoms with E-state index in [-0.39, 0.29) is 42.4 Å². The predicted molar refractivity (Wildman–Crippen MR) is 90.2 cm³/mol. The van der Waals surface area contributed by atoms with E-state index in [0.717, 1.165) is 11.1 Å². The number of amides is 1. The summed E-state index contributed by atoms with van der Waals surface area (Å²) in [6.45, 7) is -0.738. The number of nitrogens with zero attached hydrogens (tertiary/aromatic N) is 3. The molecule has 1 aromatic heterocycles. The Morgan fingerprint density at radius 2 is 2.29 bits per heavy atom. The first-order valence-corrected chi connectivity index (χ1v) is 8.32. The molecule has 0 bridgehead atoms. The van der Waals surface area contributed by atoms with Crippen LogP contribution in [0.3, 0.4) is 0 Å². The number of halogens is 1. The molecular formula is C16H18FN5O6. The van der Waals surface area contributed by atoms with Crippen LogP contribution in [0, 0.1) is 5.82 Å². The van der Waals surface area contributed by atoms with Gasteiger partial charge in [0.05, 0.1) is 19.2 Å². The molecule has 1 amide bonds. The van der Waals surface area contributed by atoms with E-state index in [4.69, 9.17) is 14.9 Å². The number of carbonyl (C=O) groups excluding carboxylic acids is 1. The van der Waals surface area contributed by atoms with Gasteiger partial charge in [0.2, 0.25) is 11.5 Å². The Hall–Kier alpha value is -3.25. The minimum Gasteiger partial charge on any atom is -0.472 e. The third-order valence-corrected chi connectivity index (χ3v) is 4.12. The number of amidine groups is 1. The maximum absolute atomic E-state index is 13.4. The van der Waals surface area contributed by atoms with Crippen molar-refractivity contribution in [3.05, 3.63) is 40.8 Å². The summed E-state index contributed by atoms with van der Waals surface area (Å²) in [4.78, 5) is 11.3. The first kappa shape index (κ1) is 19.5. The zero-order valence-corrected chi connectivity index (χ0v) is 14.5. The molecule has 2 atom stereocenters. The lowest BCUT2D eigenvalue weighted by atomic mass is 9.83. The van der Waals surface area contributed by atoms with Gasteiger partial charge in [-0.25, -0.2) is 9.02 Å². The van der Waals surface area contributed by atoms with Gasteiger partial charge in [-0.2, -0.15) is 0 Å². The van der Waals surface area contributed by atoms with Crippen molar-refractivity contribution in [2.75, 3.05) is 19.8 Å². The number of fused-ring (bicyclic) bond motifs is 1. The second-order valence-electron chi connectivity index (χ2n) is 5.95. The number of aliphatic hydroxyl groups excluding tert-OH is 2. The number of carbonyl (C=O) groups is 1. The molecule has 5 N–H and O–H groups in total. The number of aromatic nitrogens is 2. The quantitative estimate of drug-likeness (QED) is 0.125. The molecule has 2 aromatic rings. The van der Waals surface area contributed by atoms with Gasteiger partial charge in [-0.1, -0.05) is 11.2 Å². The summed E-state index contributed by atoms with van der Waals surface area (Å²) in [5.74, 6) is -1.28. The van der Waals surface area contributed by atoms with Crippen LogP contribution in [0.4, 0.5) is 4.39 Å². The Labute approximate surface area is 157 Å². The highest BCUT2D eigenvalue weighted by molar-refractivity contribution is 5.98. The number of hydrogen-bond donors (Lipinski definition) is 5. The largest absolute Gasteiger partial charge is 0.472 e. The van der Waals surface area contributed by atoms with E-state index in [1.807, 2.05) is 0 Å². The normalized spacial score (nSPS) is 16.7. The van der Waals surface area contributed by atoms with E-state index in [1.165, 1.54) is 12.1 Å². The second-order valence-corrected chi connectivity index (χ2v) is 5.95. The lowest BCUT2D eigenvalue weighted by Crippen LogP contribution is -2.39. The van der Waals surface area contributed by atoms with Gasteiger partial charge in [0.15, 0.2) is 6.10 Å². The molecule has 0 unspecified atom stereocenters. The van der Waals surface area contributed by atoms with Crippen molar-refractivity contribution in [3.63, 3.8) is 0 Å². The molecule has 1 aliphatic carbocycles. The zero-order chi connectivity index (χ0) is 20.1. The summed E-state index contributed by atoms with van der Waals surface area (Å²) in [5.41, 5.74) is 1.71. The fourth-order valence-corrected chi connectivity index (χ4v) is 2.66. The minimum absolute atomic E-state index is 0.00549. The molecule has 1 aromatic carbocycles. The van der Waals surface area contributed by atoms with E-state index in [1.54, 1.807) is 6.07 Å². The molecule has 11 nitrogen and oxygen atoms in total. The smallest absolute Gasteiger partial charge is 0.287 e. The van der Waals surface area contributed by atoms with Crippen molar-refractivity contribution < 1.29 is 34.0 Å². The third-order valence-electron chi connectivity index (χ3n) is 4.12. The SMILES string of the molecule is O=C(NCCOc1nonc1/C(=N/O)N[C@H]1Cc2ccc(F)cc21)[C@@H](O)CO. The number of rotatable bonds is 8. The predicted octanol–water partition coefficient (Wildman–Crippen LogP) is -0.920. The Kier molecular flexibility index (Phi) is 6.01. The first-order valence-electron chi connectivity index (χ1n) is 8.32. The van der Waals surface area contributed by atoms with Crippen LogP contribution < -0.4 is 15.4 Å². The molecule has 0 fully saturated rings. The number of oxime groups is 1. The molecule has 0 aliphatic heterocycles. The van der Waals surface area contributed by atoms with Crippen molar-refractivity contribution in [1.29, 1.82) is 0 Å². The van der Waals surface area contributed by atoms with Gasteiger partial charge >= 0.3 is 0 Å². The summed E-state index contributed by atoms with van der Waals surface area (Å²) in [6.07, 6.45) is -0.910. The van der Waals surface area contributed by atoms with E-state index in [9.17, 15) is 14.4 Å². The molecule has 0 saturated carbocycles. The van der Waals surface area contributed by atoms with Crippen molar-refractivity contribution in [1.82, 2.24) is 20.9 Å². The maximum Gasteiger partial charge on any atom is 0.287 e. The van der Waals surface area contributed by atoms with Crippen LogP contribution in [-0.4, -0.2) is 63.3 Å². The van der Waals surface area contributed by atoms with E-state index >= 15 is 0 Å². The standard InChI is InChI=1S/C16H18FN5O6/c17-9-2-1-8-5-11(10(8)6-9)19-14(20-26)13-16(22-28-21-13)27-4-3-18-15(25)12(24)7-23/h1-2,6,11-12,23-24,26H,3-5,7H2,(H,18,25)(H,19,20)/t11-,12-/m0/s1. The summed E-state index contributed by atoms with van der Waals surface area (Å²) >= 11 is 0. The monoisotopic (exact) mass is 395 g/mol. The van der Waals surface area contributed by atoms with Gasteiger partial charge in [-0.05, 0) is 40.0 Å². The highest BCUT2D eigenvalue weighted by Crippen LogP contribution is 2.33. The van der Waals surface area contributed by atoms with E-state index < -0.39 is 18.6 Å². The average molecular weight is 395 g/mol. The van der Waals surface area contributed by atoms with Gasteiger partial charge in [-0.3, -0.25) is 4.79 Å². The molecular weight excluding hydrogens is 377 g/mol. The molecule has 1 aliphatic rings. The van der Waals surface area contributed by atoms with Gasteiger partial charge in [0.25, 0.3) is 11.8 Å². The molecule has 0 spiro atoms. The molecule has 12 heteroatoms. The van der Waals surface area contributed by atoms with Crippen molar-refractivity contribution >= 4 is 11.7 Å². The number of hydrogen-bond acceptors (Lipinski definition) is 9. The number of ether oxygens (including phenoxy) is 1. The molecule has 0 radical (unpaired) electrons. The Morgan fingerprint density at radius 3 is 3.04 bits per heavy atom. The Balaban J connectivity index is 1.57. The van der Waals surface area contributed by atoms with Crippen molar-refractivity contribution in [3.8, 4) is 5.88 Å². The maximum atomic E-state index is 13.4. The minimum atomic E-state index is -1.52. The van der Waals surface area contributed by atoms with Crippen molar-refractivity contribution in [2.45, 2.75) is 18.6 Å². The van der Waals surface area contributed by atoms with Gasteiger partial charge in [-0.15, -0.1) is 0 Å². The summed E-state index contributed by atoms with van der Waals surface area (Å²) in [7, 11) is 0. The fraction of sp³-hybridized carbons (Fsp3) is 0.375. The summed E-state index contributed by atoms with van der Waals surface area (Å²) in [5, 5.41) is 42.7. The van der Waals surface area contributed by atoms with E-state index in [2.05, 4.69) is 30.7 Å². The van der Waals surface area contributed by atoms with Crippen LogP contribution in [-0.2, 0) is 11.2 Å². The molecule has 28 heavy (non-hydrogen) atoms. The van der Waals surface area contributed by atoms with Crippen LogP contribution in [0.5, 0.6) is 5.88 Å². The highest BCUT2D eigenvalue weighted by Gasteiger charge is 2.30. The van der Waals surface area contributed by atoms with E-state index in [0.29, 0.717) is 6.42 Å². The van der Waals surface area contributed by atoms with Crippen LogP contribution in [0.2, 0.25) is 0 Å². The molecule has 150 valence electrons. The van der Waals surface area contributed by atoms with Crippen LogP contribution in [0.1, 0.15) is 22.9 Å². The van der Waals surface area contributed by atoms with Crippen LogP contribution >= 0.6 is 0 Å². The van der Waals surface area contributed by atoms with Gasteiger partial charge in [0, 0.05) is 0 Å². The first-order chi connectivity index (χ1) is 13.5. The zero-order valence-electron chi connectivity index (χ0n) is 14.5. The van der Waals surface area contributed by atoms with Crippen LogP contribution in [0.15, 0.2) is 28.0 Å². The van der Waals surface area contributed by atoms with Gasteiger partial charge < -0.3 is 30.8 Å². The lowest BCUT2D eigenvalue weighted by molar-refractivity contribution is -0.131. The van der Waals surface area contributed by atoms with Gasteiger partial charge in [0.1, 0.15) is 12.4 Å². The van der Waals surface area contributed by atoms with Crippen molar-refractivity contribution in [2.24, 2.45) is 5.16 Å². The molecule has 0 saturated heterocycles. The molecule has 3 rings (SSSR count). The lowest BCUT2D eigenvalue weighted by Gasteiger charge is -2.31. The van der Waals surface area contributed by atoms with Crippen LogP contribution in [0.25, 0.3) is 0 Å². The second kappa shape index (κ2) is 8.63. The average Bonchev–Trinajstić information content (AvgIpc) is 3.15. The molecule has 1 heterocycles. The number of benzene rings is 1. The third kappa shape index (κ3) is 4.18. The summed E-state index contributed by atoms with van der Waals surface area (Å²) in [6, 6.07) is 4.18. The topological polar surface area (TPSA) is 162 Å². The summed E-state index contributed by atoms with van der Waals surface area (Å²) < 4.78 is 23.3. The number of nitrogens with one attached hydrogen (secondary N) is 2. The Bertz CT molecular complexity index is 873. The number of aliphatic hydroxyl groups is 2. The Morgan fingerprint density at radius 1 is 1.46 bits per heavy atom. The highest BCUT2D eigenvalue weighted by atomic mass is 19.1. The fourth-order valence-electron chi connectivity index (χ4n) is 2.66.